The summed E-state index contributed by atoms with van der Waals surface area (Å²) in [5.74, 6) is -0.379. The highest BCUT2D eigenvalue weighted by molar-refractivity contribution is 5.77. The summed E-state index contributed by atoms with van der Waals surface area (Å²) in [6.45, 7) is 5.97. The van der Waals surface area contributed by atoms with E-state index in [4.69, 9.17) is 0 Å². The van der Waals surface area contributed by atoms with Gasteiger partial charge in [0.1, 0.15) is 0 Å². The lowest BCUT2D eigenvalue weighted by Crippen LogP contribution is -2.26. The lowest BCUT2D eigenvalue weighted by molar-refractivity contribution is -0.140. The number of nitrogens with one attached hydrogen (secondary N) is 1. The summed E-state index contributed by atoms with van der Waals surface area (Å²) in [6.07, 6.45) is 2.82. The van der Waals surface area contributed by atoms with Gasteiger partial charge in [-0.1, -0.05) is 18.2 Å². The van der Waals surface area contributed by atoms with Gasteiger partial charge in [-0.15, -0.1) is 0 Å². The molecule has 0 unspecified atom stereocenters. The monoisotopic (exact) mass is 343 g/mol. The third-order valence-electron chi connectivity index (χ3n) is 4.25. The van der Waals surface area contributed by atoms with Crippen LogP contribution in [-0.2, 0) is 14.3 Å². The number of nitrogens with zero attached hydrogens (tertiary/aromatic N) is 2. The van der Waals surface area contributed by atoms with E-state index in [0.717, 1.165) is 22.5 Å². The van der Waals surface area contributed by atoms with Crippen molar-refractivity contribution in [3.63, 3.8) is 0 Å². The Morgan fingerprint density at radius 1 is 1.24 bits per heavy atom. The standard InChI is InChI=1S/C19H25N3O3/c1-13-8-5-6-9-17(13)22-15(3)16(12-20-22)14(2)21-18(23)10-7-11-19(24)25-4/h5-6,8-9,12,14H,7,10-11H2,1-4H3,(H,21,23)/t14-/m0/s1. The molecular weight excluding hydrogens is 318 g/mol. The average molecular weight is 343 g/mol. The molecule has 0 spiro atoms. The van der Waals surface area contributed by atoms with Crippen LogP contribution in [0.15, 0.2) is 30.5 Å². The van der Waals surface area contributed by atoms with Crippen molar-refractivity contribution in [1.82, 2.24) is 15.1 Å². The summed E-state index contributed by atoms with van der Waals surface area (Å²) in [5.41, 5.74) is 4.14. The van der Waals surface area contributed by atoms with Crippen LogP contribution in [0.5, 0.6) is 0 Å². The van der Waals surface area contributed by atoms with Gasteiger partial charge in [0, 0.05) is 24.1 Å². The van der Waals surface area contributed by atoms with Crippen LogP contribution in [-0.4, -0.2) is 28.8 Å². The fraction of sp³-hybridized carbons (Fsp3) is 0.421. The Hall–Kier alpha value is -2.63. The zero-order valence-electron chi connectivity index (χ0n) is 15.2. The highest BCUT2D eigenvalue weighted by atomic mass is 16.5. The van der Waals surface area contributed by atoms with Gasteiger partial charge in [0.15, 0.2) is 0 Å². The fourth-order valence-corrected chi connectivity index (χ4v) is 2.78. The molecule has 0 aliphatic heterocycles. The largest absolute Gasteiger partial charge is 0.469 e. The van der Waals surface area contributed by atoms with Crippen LogP contribution in [0.2, 0.25) is 0 Å². The molecule has 2 aromatic rings. The molecule has 6 nitrogen and oxygen atoms in total. The minimum absolute atomic E-state index is 0.0838. The first-order chi connectivity index (χ1) is 11.9. The van der Waals surface area contributed by atoms with E-state index in [-0.39, 0.29) is 24.3 Å². The van der Waals surface area contributed by atoms with Crippen molar-refractivity contribution in [2.24, 2.45) is 0 Å². The van der Waals surface area contributed by atoms with Crippen LogP contribution in [0.4, 0.5) is 0 Å². The van der Waals surface area contributed by atoms with E-state index in [1.807, 2.05) is 49.7 Å². The van der Waals surface area contributed by atoms with E-state index in [1.165, 1.54) is 7.11 Å². The number of para-hydroxylation sites is 1. The summed E-state index contributed by atoms with van der Waals surface area (Å²) in [4.78, 5) is 23.1. The number of amides is 1. The third-order valence-corrected chi connectivity index (χ3v) is 4.25. The number of methoxy groups -OCH3 is 1. The minimum Gasteiger partial charge on any atom is -0.469 e. The predicted molar refractivity (Wildman–Crippen MR) is 95.5 cm³/mol. The highest BCUT2D eigenvalue weighted by Crippen LogP contribution is 2.22. The number of carbonyl (C=O) groups is 2. The molecule has 6 heteroatoms. The van der Waals surface area contributed by atoms with Gasteiger partial charge in [-0.2, -0.15) is 5.10 Å². The highest BCUT2D eigenvalue weighted by Gasteiger charge is 2.17. The van der Waals surface area contributed by atoms with E-state index in [0.29, 0.717) is 12.8 Å². The number of aromatic nitrogens is 2. The Balaban J connectivity index is 2.01. The summed E-state index contributed by atoms with van der Waals surface area (Å²) >= 11 is 0. The third kappa shape index (κ3) is 4.68. The molecule has 2 rings (SSSR count). The predicted octanol–water partition coefficient (Wildman–Crippen LogP) is 3.01. The van der Waals surface area contributed by atoms with Crippen molar-refractivity contribution in [2.75, 3.05) is 7.11 Å². The second kappa shape index (κ2) is 8.46. The van der Waals surface area contributed by atoms with Crippen LogP contribution >= 0.6 is 0 Å². The molecule has 0 saturated heterocycles. The molecule has 1 aromatic heterocycles. The molecule has 1 aromatic carbocycles. The maximum atomic E-state index is 12.0. The SMILES string of the molecule is COC(=O)CCCC(=O)N[C@@H](C)c1cnn(-c2ccccc2C)c1C. The van der Waals surface area contributed by atoms with Gasteiger partial charge in [-0.05, 0) is 38.8 Å². The van der Waals surface area contributed by atoms with Gasteiger partial charge in [-0.3, -0.25) is 9.59 Å². The molecule has 1 amide bonds. The van der Waals surface area contributed by atoms with Crippen molar-refractivity contribution in [1.29, 1.82) is 0 Å². The fourth-order valence-electron chi connectivity index (χ4n) is 2.78. The van der Waals surface area contributed by atoms with Crippen LogP contribution in [0.3, 0.4) is 0 Å². The number of carbonyl (C=O) groups excluding carboxylic acids is 2. The van der Waals surface area contributed by atoms with Crippen molar-refractivity contribution in [3.05, 3.63) is 47.3 Å². The molecule has 1 N–H and O–H groups in total. The molecule has 0 aliphatic rings. The Kier molecular flexibility index (Phi) is 6.33. The quantitative estimate of drug-likeness (QED) is 0.784. The summed E-state index contributed by atoms with van der Waals surface area (Å²) in [5, 5.41) is 7.44. The number of rotatable bonds is 7. The minimum atomic E-state index is -0.295. The number of ether oxygens (including phenoxy) is 1. The number of esters is 1. The van der Waals surface area contributed by atoms with Crippen molar-refractivity contribution < 1.29 is 14.3 Å². The Bertz CT molecular complexity index is 752. The summed E-state index contributed by atoms with van der Waals surface area (Å²) < 4.78 is 6.46. The Morgan fingerprint density at radius 3 is 2.64 bits per heavy atom. The molecule has 0 saturated carbocycles. The lowest BCUT2D eigenvalue weighted by atomic mass is 10.1. The smallest absolute Gasteiger partial charge is 0.305 e. The summed E-state index contributed by atoms with van der Waals surface area (Å²) in [6, 6.07) is 7.90. The average Bonchev–Trinajstić information content (AvgIpc) is 2.96. The van der Waals surface area contributed by atoms with E-state index in [2.05, 4.69) is 15.2 Å². The zero-order valence-corrected chi connectivity index (χ0v) is 15.2. The number of hydrogen-bond donors (Lipinski definition) is 1. The van der Waals surface area contributed by atoms with Gasteiger partial charge in [0.25, 0.3) is 0 Å². The van der Waals surface area contributed by atoms with Crippen LogP contribution in [0.25, 0.3) is 5.69 Å². The van der Waals surface area contributed by atoms with Crippen molar-refractivity contribution >= 4 is 11.9 Å². The van der Waals surface area contributed by atoms with Gasteiger partial charge in [0.05, 0.1) is 25.0 Å². The molecule has 1 heterocycles. The number of aryl methyl sites for hydroxylation is 1. The van der Waals surface area contributed by atoms with Gasteiger partial charge in [0.2, 0.25) is 5.91 Å². The summed E-state index contributed by atoms with van der Waals surface area (Å²) in [7, 11) is 1.35. The normalized spacial score (nSPS) is 11.8. The molecule has 134 valence electrons. The maximum absolute atomic E-state index is 12.0. The van der Waals surface area contributed by atoms with Crippen molar-refractivity contribution in [3.8, 4) is 5.69 Å². The van der Waals surface area contributed by atoms with Crippen LogP contribution < -0.4 is 5.32 Å². The molecule has 25 heavy (non-hydrogen) atoms. The first-order valence-corrected chi connectivity index (χ1v) is 8.40. The van der Waals surface area contributed by atoms with E-state index in [1.54, 1.807) is 6.20 Å². The molecule has 1 atom stereocenters. The first-order valence-electron chi connectivity index (χ1n) is 8.40. The van der Waals surface area contributed by atoms with E-state index < -0.39 is 0 Å². The molecule has 0 radical (unpaired) electrons. The Morgan fingerprint density at radius 2 is 1.96 bits per heavy atom. The van der Waals surface area contributed by atoms with E-state index >= 15 is 0 Å². The van der Waals surface area contributed by atoms with Gasteiger partial charge < -0.3 is 10.1 Å². The maximum Gasteiger partial charge on any atom is 0.305 e. The first kappa shape index (κ1) is 18.7. The number of hydrogen-bond acceptors (Lipinski definition) is 4. The topological polar surface area (TPSA) is 73.2 Å². The molecular formula is C19H25N3O3. The lowest BCUT2D eigenvalue weighted by Gasteiger charge is -2.14. The molecule has 0 fully saturated rings. The van der Waals surface area contributed by atoms with Crippen LogP contribution in [0, 0.1) is 13.8 Å². The van der Waals surface area contributed by atoms with Crippen LogP contribution in [0.1, 0.15) is 49.0 Å². The molecule has 0 bridgehead atoms. The van der Waals surface area contributed by atoms with Gasteiger partial charge in [-0.25, -0.2) is 4.68 Å². The van der Waals surface area contributed by atoms with Gasteiger partial charge >= 0.3 is 5.97 Å². The second-order valence-corrected chi connectivity index (χ2v) is 6.10. The number of benzene rings is 1. The molecule has 0 aliphatic carbocycles. The Labute approximate surface area is 148 Å². The van der Waals surface area contributed by atoms with E-state index in [9.17, 15) is 9.59 Å². The van der Waals surface area contributed by atoms with Crippen molar-refractivity contribution in [2.45, 2.75) is 46.1 Å². The zero-order chi connectivity index (χ0) is 18.4. The second-order valence-electron chi connectivity index (χ2n) is 6.10.